The van der Waals surface area contributed by atoms with E-state index in [2.05, 4.69) is 13.5 Å². The fraction of sp³-hybridized carbons (Fsp3) is 0.800. The van der Waals surface area contributed by atoms with Crippen molar-refractivity contribution in [2.75, 3.05) is 0 Å². The van der Waals surface area contributed by atoms with Crippen molar-refractivity contribution in [3.63, 3.8) is 0 Å². The van der Waals surface area contributed by atoms with E-state index >= 15 is 0 Å². The summed E-state index contributed by atoms with van der Waals surface area (Å²) in [5.74, 6) is 2.91. The van der Waals surface area contributed by atoms with Crippen molar-refractivity contribution < 1.29 is 0 Å². The van der Waals surface area contributed by atoms with E-state index in [4.69, 9.17) is 0 Å². The minimum atomic E-state index is 0.918. The summed E-state index contributed by atoms with van der Waals surface area (Å²) in [7, 11) is 0. The first-order chi connectivity index (χ1) is 4.77. The Labute approximate surface area is 63.3 Å². The zero-order chi connectivity index (χ0) is 7.14. The molecule has 0 aromatic carbocycles. The highest BCUT2D eigenvalue weighted by Crippen LogP contribution is 2.47. The van der Waals surface area contributed by atoms with E-state index in [0.29, 0.717) is 0 Å². The van der Waals surface area contributed by atoms with E-state index in [0.717, 1.165) is 17.8 Å². The summed E-state index contributed by atoms with van der Waals surface area (Å²) in [6, 6.07) is 0. The number of allylic oxidation sites excluding steroid dienone is 1. The minimum Gasteiger partial charge on any atom is -0.0996 e. The van der Waals surface area contributed by atoms with Gasteiger partial charge in [0.05, 0.1) is 0 Å². The molecule has 2 bridgehead atoms. The van der Waals surface area contributed by atoms with Crippen LogP contribution < -0.4 is 0 Å². The first-order valence-corrected chi connectivity index (χ1v) is 4.45. The van der Waals surface area contributed by atoms with Crippen LogP contribution >= 0.6 is 0 Å². The Kier molecular flexibility index (Phi) is 1.36. The van der Waals surface area contributed by atoms with Crippen LogP contribution in [0.2, 0.25) is 0 Å². The van der Waals surface area contributed by atoms with E-state index in [1.54, 1.807) is 5.57 Å². The lowest BCUT2D eigenvalue weighted by Crippen LogP contribution is -2.14. The quantitative estimate of drug-likeness (QED) is 0.449. The average Bonchev–Trinajstić information content (AvgIpc) is 2.21. The van der Waals surface area contributed by atoms with E-state index in [9.17, 15) is 0 Å². The molecule has 0 heteroatoms. The molecule has 0 N–H and O–H groups in total. The van der Waals surface area contributed by atoms with E-state index in [-0.39, 0.29) is 0 Å². The van der Waals surface area contributed by atoms with Gasteiger partial charge in [-0.3, -0.25) is 0 Å². The van der Waals surface area contributed by atoms with Crippen molar-refractivity contribution in [3.05, 3.63) is 12.2 Å². The number of hydrogen-bond donors (Lipinski definition) is 0. The van der Waals surface area contributed by atoms with Gasteiger partial charge < -0.3 is 0 Å². The zero-order valence-electron chi connectivity index (χ0n) is 6.77. The molecule has 0 saturated heterocycles. The van der Waals surface area contributed by atoms with Crippen molar-refractivity contribution >= 4 is 0 Å². The molecule has 0 heterocycles. The third-order valence-electron chi connectivity index (χ3n) is 3.46. The van der Waals surface area contributed by atoms with Gasteiger partial charge in [-0.25, -0.2) is 0 Å². The number of hydrogen-bond acceptors (Lipinski definition) is 0. The lowest BCUT2D eigenvalue weighted by atomic mass is 9.81. The highest BCUT2D eigenvalue weighted by Gasteiger charge is 2.35. The lowest BCUT2D eigenvalue weighted by Gasteiger charge is -2.24. The summed E-state index contributed by atoms with van der Waals surface area (Å²) in [6.45, 7) is 6.53. The molecule has 2 aliphatic carbocycles. The van der Waals surface area contributed by atoms with Crippen LogP contribution in [0.3, 0.4) is 0 Å². The molecular weight excluding hydrogens is 120 g/mol. The van der Waals surface area contributed by atoms with Gasteiger partial charge in [-0.05, 0) is 43.4 Å². The molecule has 0 amide bonds. The highest BCUT2D eigenvalue weighted by molar-refractivity contribution is 5.11. The van der Waals surface area contributed by atoms with Crippen molar-refractivity contribution in [1.29, 1.82) is 0 Å². The predicted octanol–water partition coefficient (Wildman–Crippen LogP) is 3.00. The number of fused-ring (bicyclic) bond motifs is 2. The molecule has 0 spiro atoms. The SMILES string of the molecule is C=C1CC2CC1CC[C@H]2C. The van der Waals surface area contributed by atoms with Gasteiger partial charge in [0.25, 0.3) is 0 Å². The normalized spacial score (nSPS) is 46.1. The van der Waals surface area contributed by atoms with Crippen LogP contribution in [0.5, 0.6) is 0 Å². The monoisotopic (exact) mass is 136 g/mol. The summed E-state index contributed by atoms with van der Waals surface area (Å²) in [5.41, 5.74) is 1.55. The van der Waals surface area contributed by atoms with Crippen molar-refractivity contribution in [3.8, 4) is 0 Å². The molecule has 2 rings (SSSR count). The fourth-order valence-corrected chi connectivity index (χ4v) is 2.57. The molecule has 0 nitrogen and oxygen atoms in total. The first kappa shape index (κ1) is 6.45. The molecule has 0 radical (unpaired) electrons. The maximum Gasteiger partial charge on any atom is -0.0203 e. The van der Waals surface area contributed by atoms with Gasteiger partial charge in [0.1, 0.15) is 0 Å². The topological polar surface area (TPSA) is 0 Å². The molecule has 2 saturated carbocycles. The van der Waals surface area contributed by atoms with Crippen LogP contribution in [-0.2, 0) is 0 Å². The molecule has 0 aliphatic heterocycles. The molecule has 56 valence electrons. The Balaban J connectivity index is 2.15. The Morgan fingerprint density at radius 2 is 2.20 bits per heavy atom. The summed E-state index contributed by atoms with van der Waals surface area (Å²) in [5, 5.41) is 0. The van der Waals surface area contributed by atoms with Gasteiger partial charge in [-0.15, -0.1) is 0 Å². The molecular formula is C10H16. The van der Waals surface area contributed by atoms with Gasteiger partial charge >= 0.3 is 0 Å². The Morgan fingerprint density at radius 3 is 2.90 bits per heavy atom. The number of rotatable bonds is 0. The van der Waals surface area contributed by atoms with Gasteiger partial charge in [0.2, 0.25) is 0 Å². The van der Waals surface area contributed by atoms with Crippen LogP contribution in [0, 0.1) is 17.8 Å². The molecule has 10 heavy (non-hydrogen) atoms. The van der Waals surface area contributed by atoms with Crippen molar-refractivity contribution in [2.45, 2.75) is 32.6 Å². The van der Waals surface area contributed by atoms with Gasteiger partial charge in [0, 0.05) is 0 Å². The molecule has 0 aromatic rings. The van der Waals surface area contributed by atoms with Crippen LogP contribution in [-0.4, -0.2) is 0 Å². The Hall–Kier alpha value is -0.260. The molecule has 0 aromatic heterocycles. The lowest BCUT2D eigenvalue weighted by molar-refractivity contribution is 0.268. The average molecular weight is 136 g/mol. The van der Waals surface area contributed by atoms with E-state index in [1.807, 2.05) is 0 Å². The summed E-state index contributed by atoms with van der Waals surface area (Å²) < 4.78 is 0. The van der Waals surface area contributed by atoms with Gasteiger partial charge in [-0.1, -0.05) is 19.1 Å². The Bertz CT molecular complexity index is 157. The second kappa shape index (κ2) is 2.11. The van der Waals surface area contributed by atoms with E-state index in [1.165, 1.54) is 25.7 Å². The molecule has 2 fully saturated rings. The summed E-state index contributed by atoms with van der Waals surface area (Å²) in [6.07, 6.45) is 5.68. The van der Waals surface area contributed by atoms with Crippen LogP contribution in [0.25, 0.3) is 0 Å². The summed E-state index contributed by atoms with van der Waals surface area (Å²) >= 11 is 0. The van der Waals surface area contributed by atoms with Gasteiger partial charge in [-0.2, -0.15) is 0 Å². The van der Waals surface area contributed by atoms with Crippen molar-refractivity contribution in [1.82, 2.24) is 0 Å². The third-order valence-corrected chi connectivity index (χ3v) is 3.46. The largest absolute Gasteiger partial charge is 0.0996 e. The maximum atomic E-state index is 4.13. The fourth-order valence-electron chi connectivity index (χ4n) is 2.57. The highest BCUT2D eigenvalue weighted by atomic mass is 14.4. The second-order valence-corrected chi connectivity index (χ2v) is 4.11. The minimum absolute atomic E-state index is 0.918. The Morgan fingerprint density at radius 1 is 1.40 bits per heavy atom. The zero-order valence-corrected chi connectivity index (χ0v) is 6.77. The van der Waals surface area contributed by atoms with Crippen LogP contribution in [0.4, 0.5) is 0 Å². The molecule has 2 unspecified atom stereocenters. The van der Waals surface area contributed by atoms with Gasteiger partial charge in [0.15, 0.2) is 0 Å². The van der Waals surface area contributed by atoms with Crippen molar-refractivity contribution in [2.24, 2.45) is 17.8 Å². The maximum absolute atomic E-state index is 4.13. The first-order valence-electron chi connectivity index (χ1n) is 4.45. The summed E-state index contributed by atoms with van der Waals surface area (Å²) in [4.78, 5) is 0. The van der Waals surface area contributed by atoms with Crippen LogP contribution in [0.15, 0.2) is 12.2 Å². The van der Waals surface area contributed by atoms with Crippen LogP contribution in [0.1, 0.15) is 32.6 Å². The second-order valence-electron chi connectivity index (χ2n) is 4.11. The van der Waals surface area contributed by atoms with E-state index < -0.39 is 0 Å². The standard InChI is InChI=1S/C10H16/c1-7-3-4-9-6-10(7)5-8(9)2/h7,9-10H,2-6H2,1H3/t7-,9?,10?/m1/s1. The smallest absolute Gasteiger partial charge is 0.0203 e. The predicted molar refractivity (Wildman–Crippen MR) is 43.8 cm³/mol. The third kappa shape index (κ3) is 0.817. The molecule has 2 aliphatic rings. The molecule has 3 atom stereocenters.